The molecule has 0 aliphatic carbocycles. The van der Waals surface area contributed by atoms with Crippen LogP contribution >= 0.6 is 0 Å². The Morgan fingerprint density at radius 3 is 2.04 bits per heavy atom. The van der Waals surface area contributed by atoms with Gasteiger partial charge in [0.05, 0.1) is 0 Å². The third kappa shape index (κ3) is 3.34. The zero-order chi connectivity index (χ0) is 17.3. The maximum absolute atomic E-state index is 12.3. The molecule has 2 fully saturated rings. The summed E-state index contributed by atoms with van der Waals surface area (Å²) in [4.78, 5) is 38.9. The van der Waals surface area contributed by atoms with Crippen LogP contribution in [0.1, 0.15) is 37.7 Å². The van der Waals surface area contributed by atoms with E-state index in [0.29, 0.717) is 39.3 Å². The minimum atomic E-state index is -0.365. The molecule has 0 atom stereocenters. The van der Waals surface area contributed by atoms with Crippen molar-refractivity contribution < 1.29 is 9.59 Å². The number of aryl methyl sites for hydroxylation is 1. The van der Waals surface area contributed by atoms with Crippen LogP contribution in [0.15, 0.2) is 6.07 Å². The fraction of sp³-hybridized carbons (Fsp3) is 0.647. The minimum absolute atomic E-state index is 0.278. The van der Waals surface area contributed by atoms with Crippen LogP contribution in [0.5, 0.6) is 0 Å². The molecule has 0 radical (unpaired) electrons. The monoisotopic (exact) mass is 331 g/mol. The summed E-state index contributed by atoms with van der Waals surface area (Å²) in [6.45, 7) is 10.0. The SMILES string of the molecule is Cc1cc(N2CCN(C(=O)C(=O)N3CCC3)CC2)nc(C(C)C)n1. The summed E-state index contributed by atoms with van der Waals surface area (Å²) in [6, 6.07) is 1.98. The van der Waals surface area contributed by atoms with E-state index in [-0.39, 0.29) is 17.7 Å². The second kappa shape index (κ2) is 6.75. The van der Waals surface area contributed by atoms with Gasteiger partial charge in [-0.25, -0.2) is 9.97 Å². The summed E-state index contributed by atoms with van der Waals surface area (Å²) in [6.07, 6.45) is 0.998. The van der Waals surface area contributed by atoms with Gasteiger partial charge in [-0.2, -0.15) is 0 Å². The molecule has 130 valence electrons. The normalized spacial score (nSPS) is 17.9. The Labute approximate surface area is 142 Å². The number of amides is 2. The van der Waals surface area contributed by atoms with E-state index < -0.39 is 0 Å². The molecule has 0 bridgehead atoms. The number of carbonyl (C=O) groups is 2. The smallest absolute Gasteiger partial charge is 0.312 e. The molecule has 0 N–H and O–H groups in total. The standard InChI is InChI=1S/C17H25N5O2/c1-12(2)15-18-13(3)11-14(19-15)20-7-9-22(10-8-20)17(24)16(23)21-5-4-6-21/h11-12H,4-10H2,1-3H3. The molecular weight excluding hydrogens is 306 g/mol. The van der Waals surface area contributed by atoms with E-state index in [1.807, 2.05) is 13.0 Å². The lowest BCUT2D eigenvalue weighted by Crippen LogP contribution is -2.55. The number of hydrogen-bond acceptors (Lipinski definition) is 5. The van der Waals surface area contributed by atoms with E-state index in [2.05, 4.69) is 28.7 Å². The molecule has 2 aliphatic rings. The summed E-state index contributed by atoms with van der Waals surface area (Å²) in [5.74, 6) is 1.32. The lowest BCUT2D eigenvalue weighted by Gasteiger charge is -2.37. The number of carbonyl (C=O) groups excluding carboxylic acids is 2. The molecular formula is C17H25N5O2. The maximum atomic E-state index is 12.3. The van der Waals surface area contributed by atoms with Gasteiger partial charge in [0.15, 0.2) is 0 Å². The van der Waals surface area contributed by atoms with E-state index >= 15 is 0 Å². The van der Waals surface area contributed by atoms with Crippen molar-refractivity contribution in [3.05, 3.63) is 17.6 Å². The van der Waals surface area contributed by atoms with Gasteiger partial charge in [-0.1, -0.05) is 13.8 Å². The Morgan fingerprint density at radius 2 is 1.54 bits per heavy atom. The van der Waals surface area contributed by atoms with Crippen LogP contribution in [0.4, 0.5) is 5.82 Å². The van der Waals surface area contributed by atoms with Crippen LogP contribution in [-0.4, -0.2) is 70.9 Å². The largest absolute Gasteiger partial charge is 0.353 e. The number of hydrogen-bond donors (Lipinski definition) is 0. The van der Waals surface area contributed by atoms with Crippen molar-refractivity contribution in [3.8, 4) is 0 Å². The Morgan fingerprint density at radius 1 is 0.958 bits per heavy atom. The number of rotatable bonds is 2. The topological polar surface area (TPSA) is 69.6 Å². The van der Waals surface area contributed by atoms with Crippen molar-refractivity contribution in [2.45, 2.75) is 33.1 Å². The highest BCUT2D eigenvalue weighted by atomic mass is 16.2. The third-order valence-corrected chi connectivity index (χ3v) is 4.59. The van der Waals surface area contributed by atoms with Gasteiger partial charge in [-0.15, -0.1) is 0 Å². The first-order chi connectivity index (χ1) is 11.5. The average Bonchev–Trinajstić information content (AvgIpc) is 2.52. The highest BCUT2D eigenvalue weighted by Gasteiger charge is 2.32. The molecule has 0 spiro atoms. The van der Waals surface area contributed by atoms with Gasteiger partial charge in [0.25, 0.3) is 0 Å². The molecule has 0 saturated carbocycles. The summed E-state index contributed by atoms with van der Waals surface area (Å²) < 4.78 is 0. The first-order valence-electron chi connectivity index (χ1n) is 8.64. The van der Waals surface area contributed by atoms with Crippen molar-refractivity contribution in [2.75, 3.05) is 44.2 Å². The van der Waals surface area contributed by atoms with E-state index in [0.717, 1.165) is 23.8 Å². The molecule has 7 nitrogen and oxygen atoms in total. The molecule has 7 heteroatoms. The number of anilines is 1. The summed E-state index contributed by atoms with van der Waals surface area (Å²) in [5, 5.41) is 0. The highest BCUT2D eigenvalue weighted by molar-refractivity contribution is 6.35. The number of piperazine rings is 1. The van der Waals surface area contributed by atoms with Crippen LogP contribution in [-0.2, 0) is 9.59 Å². The van der Waals surface area contributed by atoms with Crippen LogP contribution in [0.3, 0.4) is 0 Å². The van der Waals surface area contributed by atoms with Gasteiger partial charge >= 0.3 is 11.8 Å². The van der Waals surface area contributed by atoms with Crippen molar-refractivity contribution in [2.24, 2.45) is 0 Å². The quantitative estimate of drug-likeness (QED) is 0.750. The Bertz CT molecular complexity index is 634. The average molecular weight is 331 g/mol. The van der Waals surface area contributed by atoms with Crippen LogP contribution in [0.2, 0.25) is 0 Å². The highest BCUT2D eigenvalue weighted by Crippen LogP contribution is 2.19. The number of likely N-dealkylation sites (tertiary alicyclic amines) is 1. The molecule has 1 aromatic rings. The summed E-state index contributed by atoms with van der Waals surface area (Å²) >= 11 is 0. The molecule has 3 heterocycles. The van der Waals surface area contributed by atoms with Gasteiger partial charge in [-0.05, 0) is 13.3 Å². The van der Waals surface area contributed by atoms with E-state index in [4.69, 9.17) is 0 Å². The van der Waals surface area contributed by atoms with Gasteiger partial charge in [0, 0.05) is 56.9 Å². The fourth-order valence-corrected chi connectivity index (χ4v) is 2.92. The zero-order valence-corrected chi connectivity index (χ0v) is 14.7. The van der Waals surface area contributed by atoms with E-state index in [9.17, 15) is 9.59 Å². The number of nitrogens with zero attached hydrogens (tertiary/aromatic N) is 5. The molecule has 0 unspecified atom stereocenters. The van der Waals surface area contributed by atoms with Gasteiger partial charge in [-0.3, -0.25) is 9.59 Å². The van der Waals surface area contributed by atoms with E-state index in [1.165, 1.54) is 0 Å². The van der Waals surface area contributed by atoms with Crippen molar-refractivity contribution in [1.82, 2.24) is 19.8 Å². The molecule has 0 aromatic carbocycles. The molecule has 2 amide bonds. The first kappa shape index (κ1) is 16.7. The zero-order valence-electron chi connectivity index (χ0n) is 14.7. The molecule has 3 rings (SSSR count). The lowest BCUT2D eigenvalue weighted by atomic mass is 10.2. The van der Waals surface area contributed by atoms with Crippen molar-refractivity contribution in [3.63, 3.8) is 0 Å². The van der Waals surface area contributed by atoms with Crippen molar-refractivity contribution in [1.29, 1.82) is 0 Å². The van der Waals surface area contributed by atoms with E-state index in [1.54, 1.807) is 9.80 Å². The van der Waals surface area contributed by atoms with Gasteiger partial charge < -0.3 is 14.7 Å². The summed E-state index contributed by atoms with van der Waals surface area (Å²) in [5.41, 5.74) is 0.954. The predicted octanol–water partition coefficient (Wildman–Crippen LogP) is 0.789. The van der Waals surface area contributed by atoms with Gasteiger partial charge in [0.1, 0.15) is 11.6 Å². The van der Waals surface area contributed by atoms with Crippen molar-refractivity contribution >= 4 is 17.6 Å². The summed E-state index contributed by atoms with van der Waals surface area (Å²) in [7, 11) is 0. The molecule has 2 aliphatic heterocycles. The van der Waals surface area contributed by atoms with Crippen LogP contribution < -0.4 is 4.90 Å². The van der Waals surface area contributed by atoms with Crippen LogP contribution in [0.25, 0.3) is 0 Å². The Hall–Kier alpha value is -2.18. The predicted molar refractivity (Wildman–Crippen MR) is 90.8 cm³/mol. The lowest BCUT2D eigenvalue weighted by molar-refractivity contribution is -0.154. The first-order valence-corrected chi connectivity index (χ1v) is 8.64. The van der Waals surface area contributed by atoms with Gasteiger partial charge in [0.2, 0.25) is 0 Å². The maximum Gasteiger partial charge on any atom is 0.312 e. The number of aromatic nitrogens is 2. The minimum Gasteiger partial charge on any atom is -0.353 e. The Kier molecular flexibility index (Phi) is 4.69. The molecule has 24 heavy (non-hydrogen) atoms. The fourth-order valence-electron chi connectivity index (χ4n) is 2.92. The second-order valence-corrected chi connectivity index (χ2v) is 6.81. The Balaban J connectivity index is 1.62. The van der Waals surface area contributed by atoms with Crippen LogP contribution in [0, 0.1) is 6.92 Å². The third-order valence-electron chi connectivity index (χ3n) is 4.59. The second-order valence-electron chi connectivity index (χ2n) is 6.81. The molecule has 1 aromatic heterocycles. The molecule has 2 saturated heterocycles.